The van der Waals surface area contributed by atoms with Gasteiger partial charge in [0.2, 0.25) is 5.91 Å². The van der Waals surface area contributed by atoms with Gasteiger partial charge in [-0.3, -0.25) is 4.79 Å². The third-order valence-corrected chi connectivity index (χ3v) is 5.31. The molecule has 3 nitrogen and oxygen atoms in total. The molecule has 18 heavy (non-hydrogen) atoms. The molecule has 4 fully saturated rings. The predicted octanol–water partition coefficient (Wildman–Crippen LogP) is 2.15. The van der Waals surface area contributed by atoms with E-state index in [0.717, 1.165) is 37.1 Å². The van der Waals surface area contributed by atoms with Crippen molar-refractivity contribution in [1.29, 1.82) is 0 Å². The van der Waals surface area contributed by atoms with Crippen molar-refractivity contribution >= 4 is 5.91 Å². The first-order chi connectivity index (χ1) is 8.67. The van der Waals surface area contributed by atoms with E-state index in [9.17, 15) is 4.79 Å². The largest absolute Gasteiger partial charge is 0.338 e. The number of amides is 1. The number of carbonyl (C=O) groups is 1. The molecule has 102 valence electrons. The summed E-state index contributed by atoms with van der Waals surface area (Å²) in [4.78, 5) is 14.7. The summed E-state index contributed by atoms with van der Waals surface area (Å²) in [5.74, 6) is 2.79. The van der Waals surface area contributed by atoms with Crippen LogP contribution < -0.4 is 5.73 Å². The van der Waals surface area contributed by atoms with Crippen molar-refractivity contribution in [3.8, 4) is 0 Å². The van der Waals surface area contributed by atoms with E-state index in [2.05, 4.69) is 11.8 Å². The lowest BCUT2D eigenvalue weighted by Crippen LogP contribution is -2.49. The molecule has 2 N–H and O–H groups in total. The second kappa shape index (κ2) is 4.84. The van der Waals surface area contributed by atoms with Crippen LogP contribution in [0.2, 0.25) is 0 Å². The molecule has 2 saturated carbocycles. The van der Waals surface area contributed by atoms with Gasteiger partial charge in [0.05, 0.1) is 6.04 Å². The Balaban J connectivity index is 1.74. The lowest BCUT2D eigenvalue weighted by molar-refractivity contribution is -0.135. The van der Waals surface area contributed by atoms with E-state index in [1.54, 1.807) is 0 Å². The van der Waals surface area contributed by atoms with Gasteiger partial charge in [0.25, 0.3) is 0 Å². The number of carbonyl (C=O) groups excluding carboxylic acids is 1. The van der Waals surface area contributed by atoms with Gasteiger partial charge in [-0.15, -0.1) is 0 Å². The third-order valence-electron chi connectivity index (χ3n) is 5.31. The summed E-state index contributed by atoms with van der Waals surface area (Å²) in [6.45, 7) is 3.09. The maximum atomic E-state index is 12.5. The first-order valence-corrected chi connectivity index (χ1v) is 7.73. The van der Waals surface area contributed by atoms with Crippen molar-refractivity contribution in [1.82, 2.24) is 4.90 Å². The van der Waals surface area contributed by atoms with Crippen LogP contribution in [0.4, 0.5) is 0 Å². The highest BCUT2D eigenvalue weighted by atomic mass is 16.2. The Hall–Kier alpha value is -0.570. The lowest BCUT2D eigenvalue weighted by atomic mass is 9.68. The van der Waals surface area contributed by atoms with Gasteiger partial charge in [-0.1, -0.05) is 13.3 Å². The zero-order valence-corrected chi connectivity index (χ0v) is 11.5. The first-order valence-electron chi connectivity index (χ1n) is 7.73. The van der Waals surface area contributed by atoms with E-state index in [-0.39, 0.29) is 11.9 Å². The van der Waals surface area contributed by atoms with Gasteiger partial charge < -0.3 is 10.6 Å². The summed E-state index contributed by atoms with van der Waals surface area (Å²) < 4.78 is 0. The standard InChI is InChI=1S/C15H26N2O/c1-2-3-14(16)15(18)17-9-12-5-10-4-11(6-12)8-13(17)7-10/h10-14H,2-9,16H2,1H3. The number of fused-ring (bicyclic) bond motifs is 1. The van der Waals surface area contributed by atoms with Crippen molar-refractivity contribution in [2.45, 2.75) is 64.0 Å². The molecule has 0 spiro atoms. The minimum atomic E-state index is -0.259. The second-order valence-corrected chi connectivity index (χ2v) is 6.82. The molecule has 0 radical (unpaired) electrons. The molecule has 3 atom stereocenters. The van der Waals surface area contributed by atoms with Gasteiger partial charge >= 0.3 is 0 Å². The van der Waals surface area contributed by atoms with E-state index in [1.165, 1.54) is 32.1 Å². The van der Waals surface area contributed by atoms with Crippen molar-refractivity contribution in [2.24, 2.45) is 23.5 Å². The van der Waals surface area contributed by atoms with Gasteiger partial charge in [-0.05, 0) is 56.3 Å². The lowest BCUT2D eigenvalue weighted by Gasteiger charge is -2.39. The maximum Gasteiger partial charge on any atom is 0.239 e. The fourth-order valence-corrected chi connectivity index (χ4v) is 4.70. The molecule has 4 bridgehead atoms. The minimum absolute atomic E-state index is 0.232. The Morgan fingerprint density at radius 3 is 2.39 bits per heavy atom. The van der Waals surface area contributed by atoms with Crippen LogP contribution in [0.5, 0.6) is 0 Å². The van der Waals surface area contributed by atoms with E-state index in [4.69, 9.17) is 5.73 Å². The van der Waals surface area contributed by atoms with Gasteiger partial charge in [0, 0.05) is 12.6 Å². The number of nitrogens with two attached hydrogens (primary N) is 1. The number of nitrogens with zero attached hydrogens (tertiary/aromatic N) is 1. The van der Waals surface area contributed by atoms with Crippen LogP contribution in [0.15, 0.2) is 0 Å². The van der Waals surface area contributed by atoms with Gasteiger partial charge in [0.1, 0.15) is 0 Å². The summed E-state index contributed by atoms with van der Waals surface area (Å²) in [7, 11) is 0. The molecule has 2 aliphatic carbocycles. The molecule has 3 heteroatoms. The predicted molar refractivity (Wildman–Crippen MR) is 71.9 cm³/mol. The fraction of sp³-hybridized carbons (Fsp3) is 0.933. The minimum Gasteiger partial charge on any atom is -0.338 e. The summed E-state index contributed by atoms with van der Waals surface area (Å²) >= 11 is 0. The van der Waals surface area contributed by atoms with E-state index >= 15 is 0 Å². The Morgan fingerprint density at radius 2 is 1.78 bits per heavy atom. The average molecular weight is 250 g/mol. The SMILES string of the molecule is CCCC(N)C(=O)N1CC2CC3CC(C2)CC1C3. The summed E-state index contributed by atoms with van der Waals surface area (Å²) in [6, 6.07) is 0.252. The van der Waals surface area contributed by atoms with Crippen LogP contribution in [-0.2, 0) is 4.79 Å². The van der Waals surface area contributed by atoms with E-state index in [0.29, 0.717) is 6.04 Å². The molecule has 4 rings (SSSR count). The van der Waals surface area contributed by atoms with Gasteiger partial charge in [-0.2, -0.15) is 0 Å². The molecule has 2 heterocycles. The van der Waals surface area contributed by atoms with Crippen LogP contribution >= 0.6 is 0 Å². The first kappa shape index (κ1) is 12.5. The number of rotatable bonds is 3. The molecule has 4 aliphatic rings. The second-order valence-electron chi connectivity index (χ2n) is 6.82. The number of hydrogen-bond acceptors (Lipinski definition) is 2. The molecule has 2 aliphatic heterocycles. The average Bonchev–Trinajstić information content (AvgIpc) is 2.53. The highest BCUT2D eigenvalue weighted by Crippen LogP contribution is 2.47. The van der Waals surface area contributed by atoms with Crippen LogP contribution in [0.1, 0.15) is 51.9 Å². The molecule has 0 aromatic carbocycles. The van der Waals surface area contributed by atoms with Gasteiger partial charge in [0.15, 0.2) is 0 Å². The summed E-state index contributed by atoms with van der Waals surface area (Å²) in [5.41, 5.74) is 6.05. The Kier molecular flexibility index (Phi) is 3.35. The highest BCUT2D eigenvalue weighted by Gasteiger charge is 2.44. The van der Waals surface area contributed by atoms with Crippen LogP contribution in [0.25, 0.3) is 0 Å². The Labute approximate surface area is 110 Å². The van der Waals surface area contributed by atoms with E-state index in [1.807, 2.05) is 0 Å². The quantitative estimate of drug-likeness (QED) is 0.834. The zero-order chi connectivity index (χ0) is 12.7. The molecule has 1 amide bonds. The smallest absolute Gasteiger partial charge is 0.239 e. The third kappa shape index (κ3) is 2.18. The fourth-order valence-electron chi connectivity index (χ4n) is 4.70. The van der Waals surface area contributed by atoms with Crippen molar-refractivity contribution in [2.75, 3.05) is 6.54 Å². The Morgan fingerprint density at radius 1 is 1.17 bits per heavy atom. The van der Waals surface area contributed by atoms with Crippen molar-refractivity contribution in [3.63, 3.8) is 0 Å². The molecular weight excluding hydrogens is 224 g/mol. The molecule has 3 unspecified atom stereocenters. The molecule has 0 aromatic rings. The van der Waals surface area contributed by atoms with E-state index < -0.39 is 0 Å². The summed E-state index contributed by atoms with van der Waals surface area (Å²) in [6.07, 6.45) is 8.48. The van der Waals surface area contributed by atoms with Crippen LogP contribution in [-0.4, -0.2) is 29.4 Å². The summed E-state index contributed by atoms with van der Waals surface area (Å²) in [5, 5.41) is 0. The Bertz CT molecular complexity index is 316. The van der Waals surface area contributed by atoms with Crippen molar-refractivity contribution in [3.05, 3.63) is 0 Å². The maximum absolute atomic E-state index is 12.5. The van der Waals surface area contributed by atoms with Crippen molar-refractivity contribution < 1.29 is 4.79 Å². The molecule has 0 aromatic heterocycles. The highest BCUT2D eigenvalue weighted by molar-refractivity contribution is 5.82. The zero-order valence-electron chi connectivity index (χ0n) is 11.5. The molecule has 2 saturated heterocycles. The van der Waals surface area contributed by atoms with Crippen LogP contribution in [0, 0.1) is 17.8 Å². The number of hydrogen-bond donors (Lipinski definition) is 1. The van der Waals surface area contributed by atoms with Crippen LogP contribution in [0.3, 0.4) is 0 Å². The molecular formula is C15H26N2O. The topological polar surface area (TPSA) is 46.3 Å². The van der Waals surface area contributed by atoms with Gasteiger partial charge in [-0.25, -0.2) is 0 Å². The normalized spacial score (nSPS) is 39.8. The monoisotopic (exact) mass is 250 g/mol.